The standard InChI is InChI=1S/C25H31N5O6S/c1-8-36-24(32)19-14-30(29-28-19)20-11-16(10-9-15(20)2)23(31)27-18-12-17(25(3,4)5)13-21(22(18)35-7)37(33,34)26-6/h9-14,26H,8H2,1-7H3,(H,27,31). The van der Waals surface area contributed by atoms with E-state index in [1.807, 2.05) is 27.7 Å². The van der Waals surface area contributed by atoms with E-state index in [0.29, 0.717) is 11.3 Å². The van der Waals surface area contributed by atoms with Crippen LogP contribution >= 0.6 is 0 Å². The van der Waals surface area contributed by atoms with Crippen molar-refractivity contribution in [3.63, 3.8) is 0 Å². The van der Waals surface area contributed by atoms with E-state index in [4.69, 9.17) is 9.47 Å². The Bertz CT molecular complexity index is 1440. The van der Waals surface area contributed by atoms with Gasteiger partial charge in [0, 0.05) is 5.56 Å². The molecule has 0 saturated carbocycles. The van der Waals surface area contributed by atoms with Crippen molar-refractivity contribution >= 4 is 27.6 Å². The minimum atomic E-state index is -3.89. The van der Waals surface area contributed by atoms with E-state index in [2.05, 4.69) is 20.4 Å². The number of carbonyl (C=O) groups is 2. The number of carbonyl (C=O) groups excluding carboxylic acids is 2. The predicted molar refractivity (Wildman–Crippen MR) is 138 cm³/mol. The third-order valence-corrected chi connectivity index (χ3v) is 7.05. The summed E-state index contributed by atoms with van der Waals surface area (Å²) in [7, 11) is -1.24. The molecule has 0 fully saturated rings. The average Bonchev–Trinajstić information content (AvgIpc) is 3.33. The van der Waals surface area contributed by atoms with Gasteiger partial charge in [-0.2, -0.15) is 0 Å². The Balaban J connectivity index is 2.04. The lowest BCUT2D eigenvalue weighted by molar-refractivity contribution is 0.0519. The SMILES string of the molecule is CCOC(=O)c1cn(-c2cc(C(=O)Nc3cc(C(C)(C)C)cc(S(=O)(=O)NC)c3OC)ccc2C)nn1. The van der Waals surface area contributed by atoms with Gasteiger partial charge in [0.2, 0.25) is 10.0 Å². The number of aryl methyl sites for hydroxylation is 1. The summed E-state index contributed by atoms with van der Waals surface area (Å²) < 4.78 is 39.6. The zero-order valence-corrected chi connectivity index (χ0v) is 22.7. The number of esters is 1. The highest BCUT2D eigenvalue weighted by Crippen LogP contribution is 2.38. The van der Waals surface area contributed by atoms with Crippen molar-refractivity contribution in [1.29, 1.82) is 0 Å². The third-order valence-electron chi connectivity index (χ3n) is 5.63. The van der Waals surface area contributed by atoms with E-state index in [1.165, 1.54) is 31.1 Å². The third kappa shape index (κ3) is 5.97. The number of hydrogen-bond donors (Lipinski definition) is 2. The molecule has 3 aromatic rings. The molecule has 3 rings (SSSR count). The van der Waals surface area contributed by atoms with Crippen LogP contribution in [-0.2, 0) is 20.2 Å². The largest absolute Gasteiger partial charge is 0.493 e. The number of sulfonamides is 1. The summed E-state index contributed by atoms with van der Waals surface area (Å²) in [5.74, 6) is -1.08. The van der Waals surface area contributed by atoms with Gasteiger partial charge in [-0.1, -0.05) is 32.1 Å². The Kier molecular flexibility index (Phi) is 8.03. The molecule has 0 bridgehead atoms. The monoisotopic (exact) mass is 529 g/mol. The first-order valence-electron chi connectivity index (χ1n) is 11.5. The number of benzene rings is 2. The van der Waals surface area contributed by atoms with E-state index in [9.17, 15) is 18.0 Å². The minimum Gasteiger partial charge on any atom is -0.493 e. The molecule has 1 amide bonds. The van der Waals surface area contributed by atoms with Gasteiger partial charge in [0.1, 0.15) is 4.90 Å². The Morgan fingerprint density at radius 3 is 2.43 bits per heavy atom. The van der Waals surface area contributed by atoms with Crippen LogP contribution in [0.5, 0.6) is 5.75 Å². The zero-order valence-electron chi connectivity index (χ0n) is 21.9. The zero-order chi connectivity index (χ0) is 27.5. The highest BCUT2D eigenvalue weighted by atomic mass is 32.2. The second kappa shape index (κ2) is 10.7. The fourth-order valence-electron chi connectivity index (χ4n) is 3.52. The molecule has 1 aromatic heterocycles. The Hall–Kier alpha value is -3.77. The highest BCUT2D eigenvalue weighted by molar-refractivity contribution is 7.89. The maximum Gasteiger partial charge on any atom is 0.360 e. The number of methoxy groups -OCH3 is 1. The number of rotatable bonds is 8. The molecule has 1 heterocycles. The van der Waals surface area contributed by atoms with Crippen molar-refractivity contribution < 1.29 is 27.5 Å². The number of aromatic nitrogens is 3. The van der Waals surface area contributed by atoms with Crippen molar-refractivity contribution in [2.45, 2.75) is 44.9 Å². The molecule has 37 heavy (non-hydrogen) atoms. The summed E-state index contributed by atoms with van der Waals surface area (Å²) in [5.41, 5.74) is 2.12. The smallest absolute Gasteiger partial charge is 0.360 e. The Labute approximate surface area is 216 Å². The minimum absolute atomic E-state index is 0.0124. The van der Waals surface area contributed by atoms with Crippen LogP contribution in [-0.4, -0.2) is 56.1 Å². The molecule has 0 unspecified atom stereocenters. The number of hydrogen-bond acceptors (Lipinski definition) is 8. The van der Waals surface area contributed by atoms with Gasteiger partial charge < -0.3 is 14.8 Å². The van der Waals surface area contributed by atoms with E-state index < -0.39 is 27.3 Å². The molecular weight excluding hydrogens is 498 g/mol. The fourth-order valence-corrected chi connectivity index (χ4v) is 4.46. The van der Waals surface area contributed by atoms with Gasteiger partial charge in [-0.05, 0) is 61.7 Å². The van der Waals surface area contributed by atoms with Crippen LogP contribution in [0.2, 0.25) is 0 Å². The molecule has 198 valence electrons. The molecule has 0 aliphatic rings. The van der Waals surface area contributed by atoms with Gasteiger partial charge in [-0.25, -0.2) is 22.6 Å². The normalized spacial score (nSPS) is 11.8. The summed E-state index contributed by atoms with van der Waals surface area (Å²) in [6.07, 6.45) is 1.42. The first-order valence-corrected chi connectivity index (χ1v) is 13.0. The van der Waals surface area contributed by atoms with Gasteiger partial charge in [-0.3, -0.25) is 4.79 Å². The summed E-state index contributed by atoms with van der Waals surface area (Å²) >= 11 is 0. The second-order valence-electron chi connectivity index (χ2n) is 9.24. The highest BCUT2D eigenvalue weighted by Gasteiger charge is 2.27. The lowest BCUT2D eigenvalue weighted by Gasteiger charge is -2.23. The van der Waals surface area contributed by atoms with E-state index >= 15 is 0 Å². The van der Waals surface area contributed by atoms with Gasteiger partial charge in [0.15, 0.2) is 11.4 Å². The summed E-state index contributed by atoms with van der Waals surface area (Å²) in [6, 6.07) is 8.19. The summed E-state index contributed by atoms with van der Waals surface area (Å²) in [4.78, 5) is 25.2. The maximum atomic E-state index is 13.3. The Morgan fingerprint density at radius 1 is 1.14 bits per heavy atom. The quantitative estimate of drug-likeness (QED) is 0.424. The summed E-state index contributed by atoms with van der Waals surface area (Å²) in [6.45, 7) is 9.53. The van der Waals surface area contributed by atoms with Crippen LogP contribution in [0.15, 0.2) is 41.4 Å². The van der Waals surface area contributed by atoms with Gasteiger partial charge in [0.05, 0.1) is 31.3 Å². The maximum absolute atomic E-state index is 13.3. The molecule has 0 saturated heterocycles. The molecule has 0 aliphatic heterocycles. The number of nitrogens with zero attached hydrogens (tertiary/aromatic N) is 3. The molecular formula is C25H31N5O6S. The first kappa shape index (κ1) is 27.8. The number of nitrogens with one attached hydrogen (secondary N) is 2. The van der Waals surface area contributed by atoms with Crippen LogP contribution < -0.4 is 14.8 Å². The van der Waals surface area contributed by atoms with E-state index in [-0.39, 0.29) is 34.2 Å². The van der Waals surface area contributed by atoms with E-state index in [1.54, 1.807) is 31.2 Å². The van der Waals surface area contributed by atoms with Crippen molar-refractivity contribution in [3.8, 4) is 11.4 Å². The van der Waals surface area contributed by atoms with Crippen LogP contribution in [0.25, 0.3) is 5.69 Å². The fraction of sp³-hybridized carbons (Fsp3) is 0.360. The average molecular weight is 530 g/mol. The molecule has 0 radical (unpaired) electrons. The molecule has 2 N–H and O–H groups in total. The lowest BCUT2D eigenvalue weighted by atomic mass is 9.86. The number of anilines is 1. The summed E-state index contributed by atoms with van der Waals surface area (Å²) in [5, 5.41) is 10.6. The van der Waals surface area contributed by atoms with Crippen molar-refractivity contribution in [2.75, 3.05) is 26.1 Å². The topological polar surface area (TPSA) is 142 Å². The first-order chi connectivity index (χ1) is 17.3. The van der Waals surface area contributed by atoms with Gasteiger partial charge >= 0.3 is 5.97 Å². The van der Waals surface area contributed by atoms with Crippen LogP contribution in [0.4, 0.5) is 5.69 Å². The lowest BCUT2D eigenvalue weighted by Crippen LogP contribution is -2.22. The molecule has 0 spiro atoms. The van der Waals surface area contributed by atoms with Crippen LogP contribution in [0.1, 0.15) is 59.7 Å². The van der Waals surface area contributed by atoms with E-state index in [0.717, 1.165) is 5.56 Å². The molecule has 12 heteroatoms. The van der Waals surface area contributed by atoms with Crippen molar-refractivity contribution in [1.82, 2.24) is 19.7 Å². The molecule has 11 nitrogen and oxygen atoms in total. The molecule has 2 aromatic carbocycles. The van der Waals surface area contributed by atoms with Crippen molar-refractivity contribution in [2.24, 2.45) is 0 Å². The van der Waals surface area contributed by atoms with Crippen LogP contribution in [0, 0.1) is 6.92 Å². The van der Waals surface area contributed by atoms with Crippen LogP contribution in [0.3, 0.4) is 0 Å². The molecule has 0 aliphatic carbocycles. The number of amides is 1. The number of ether oxygens (including phenoxy) is 2. The second-order valence-corrected chi connectivity index (χ2v) is 11.1. The molecule has 0 atom stereocenters. The van der Waals surface area contributed by atoms with Gasteiger partial charge in [0.25, 0.3) is 5.91 Å². The van der Waals surface area contributed by atoms with Crippen molar-refractivity contribution in [3.05, 3.63) is 58.9 Å². The predicted octanol–water partition coefficient (Wildman–Crippen LogP) is 3.22. The van der Waals surface area contributed by atoms with Gasteiger partial charge in [-0.15, -0.1) is 5.10 Å². The Morgan fingerprint density at radius 2 is 1.84 bits per heavy atom.